The summed E-state index contributed by atoms with van der Waals surface area (Å²) >= 11 is 1.26. The molecule has 0 unspecified atom stereocenters. The van der Waals surface area contributed by atoms with E-state index in [1.807, 2.05) is 6.07 Å². The first-order valence-electron chi connectivity index (χ1n) is 10.1. The molecule has 0 bridgehead atoms. The number of nitrogens with zero attached hydrogens (tertiary/aromatic N) is 3. The Labute approximate surface area is 193 Å². The minimum atomic E-state index is -0.426. The van der Waals surface area contributed by atoms with Gasteiger partial charge in [0.1, 0.15) is 23.0 Å². The monoisotopic (exact) mass is 468 g/mol. The molecule has 0 spiro atoms. The van der Waals surface area contributed by atoms with E-state index in [0.717, 1.165) is 5.56 Å². The maximum Gasteiger partial charge on any atom is 0.273 e. The number of nitrogens with one attached hydrogen (secondary N) is 1. The van der Waals surface area contributed by atoms with Crippen LogP contribution in [0.3, 0.4) is 0 Å². The predicted octanol–water partition coefficient (Wildman–Crippen LogP) is 4.08. The summed E-state index contributed by atoms with van der Waals surface area (Å²) in [6.45, 7) is 0.160. The number of methoxy groups -OCH3 is 2. The van der Waals surface area contributed by atoms with E-state index >= 15 is 0 Å². The summed E-state index contributed by atoms with van der Waals surface area (Å²) in [7, 11) is 3.15. The number of ether oxygens (including phenoxy) is 2. The highest BCUT2D eigenvalue weighted by molar-refractivity contribution is 7.14. The number of carbonyl (C=O) groups excluding carboxylic acids is 2. The van der Waals surface area contributed by atoms with Crippen LogP contribution in [0.2, 0.25) is 0 Å². The highest BCUT2D eigenvalue weighted by Gasteiger charge is 2.25. The van der Waals surface area contributed by atoms with Crippen LogP contribution in [-0.4, -0.2) is 41.7 Å². The fourth-order valence-electron chi connectivity index (χ4n) is 3.29. The van der Waals surface area contributed by atoms with Gasteiger partial charge in [-0.15, -0.1) is 11.3 Å². The standard InChI is InChI=1S/C23H21FN4O4S/c1-31-16-7-9-20(32-2)17(11-16)19-13-33-23(25-19)26-22(30)18-8-10-21(29)28(27-18)12-14-3-5-15(24)6-4-14/h3-7,9,11,13H,8,10,12H2,1-2H3,(H,25,26,30). The van der Waals surface area contributed by atoms with Gasteiger partial charge in [-0.1, -0.05) is 12.1 Å². The van der Waals surface area contributed by atoms with Crippen molar-refractivity contribution >= 4 is 34.0 Å². The third kappa shape index (κ3) is 5.17. The lowest BCUT2D eigenvalue weighted by Crippen LogP contribution is -2.36. The molecule has 0 radical (unpaired) electrons. The molecule has 170 valence electrons. The minimum Gasteiger partial charge on any atom is -0.497 e. The highest BCUT2D eigenvalue weighted by atomic mass is 32.1. The fraction of sp³-hybridized carbons (Fsp3) is 0.217. The van der Waals surface area contributed by atoms with Crippen molar-refractivity contribution in [3.63, 3.8) is 0 Å². The van der Waals surface area contributed by atoms with Gasteiger partial charge in [0.15, 0.2) is 5.13 Å². The van der Waals surface area contributed by atoms with Gasteiger partial charge >= 0.3 is 0 Å². The first-order valence-corrected chi connectivity index (χ1v) is 11.0. The number of halogens is 1. The van der Waals surface area contributed by atoms with Crippen molar-refractivity contribution < 1.29 is 23.5 Å². The molecule has 8 nitrogen and oxygen atoms in total. The Kier molecular flexibility index (Phi) is 6.64. The number of anilines is 1. The topological polar surface area (TPSA) is 93.1 Å². The number of hydrazone groups is 1. The smallest absolute Gasteiger partial charge is 0.273 e. The van der Waals surface area contributed by atoms with E-state index in [-0.39, 0.29) is 36.8 Å². The van der Waals surface area contributed by atoms with Gasteiger partial charge in [0.2, 0.25) is 5.91 Å². The molecule has 0 aliphatic carbocycles. The normalized spacial score (nSPS) is 13.5. The van der Waals surface area contributed by atoms with Crippen LogP contribution in [0.25, 0.3) is 11.3 Å². The molecule has 0 saturated heterocycles. The van der Waals surface area contributed by atoms with Gasteiger partial charge in [-0.3, -0.25) is 14.9 Å². The van der Waals surface area contributed by atoms with Gasteiger partial charge in [-0.25, -0.2) is 14.4 Å². The zero-order chi connectivity index (χ0) is 23.4. The van der Waals surface area contributed by atoms with E-state index in [2.05, 4.69) is 15.4 Å². The van der Waals surface area contributed by atoms with E-state index in [4.69, 9.17) is 9.47 Å². The maximum atomic E-state index is 13.1. The van der Waals surface area contributed by atoms with Crippen molar-refractivity contribution in [1.82, 2.24) is 9.99 Å². The molecule has 1 aliphatic heterocycles. The van der Waals surface area contributed by atoms with Crippen molar-refractivity contribution in [3.05, 3.63) is 59.2 Å². The van der Waals surface area contributed by atoms with E-state index in [0.29, 0.717) is 27.9 Å². The molecule has 1 aliphatic rings. The Hall–Kier alpha value is -3.79. The zero-order valence-corrected chi connectivity index (χ0v) is 18.8. The van der Waals surface area contributed by atoms with Gasteiger partial charge in [0.05, 0.1) is 26.5 Å². The summed E-state index contributed by atoms with van der Waals surface area (Å²) in [6.07, 6.45) is 0.393. The number of hydrogen-bond donors (Lipinski definition) is 1. The lowest BCUT2D eigenvalue weighted by Gasteiger charge is -2.23. The Balaban J connectivity index is 1.49. The third-order valence-corrected chi connectivity index (χ3v) is 5.78. The number of rotatable bonds is 7. The lowest BCUT2D eigenvalue weighted by atomic mass is 10.1. The number of thiazole rings is 1. The summed E-state index contributed by atoms with van der Waals surface area (Å²) in [5, 5.41) is 10.4. The minimum absolute atomic E-state index is 0.160. The summed E-state index contributed by atoms with van der Waals surface area (Å²) in [5.74, 6) is 0.307. The molecule has 3 aromatic rings. The van der Waals surface area contributed by atoms with Crippen molar-refractivity contribution in [2.45, 2.75) is 19.4 Å². The van der Waals surface area contributed by atoms with Crippen LogP contribution in [0.15, 0.2) is 52.9 Å². The summed E-state index contributed by atoms with van der Waals surface area (Å²) in [5.41, 5.74) is 2.31. The summed E-state index contributed by atoms with van der Waals surface area (Å²) in [6, 6.07) is 11.2. The fourth-order valence-corrected chi connectivity index (χ4v) is 4.00. The van der Waals surface area contributed by atoms with Gasteiger partial charge in [0.25, 0.3) is 5.91 Å². The SMILES string of the molecule is COc1ccc(OC)c(-c2csc(NC(=O)C3=NN(Cc4ccc(F)cc4)C(=O)CC3)n2)c1. The third-order valence-electron chi connectivity index (χ3n) is 5.02. The van der Waals surface area contributed by atoms with Gasteiger partial charge in [0, 0.05) is 23.8 Å². The first kappa shape index (κ1) is 22.4. The van der Waals surface area contributed by atoms with Crippen LogP contribution in [0.1, 0.15) is 18.4 Å². The molecule has 2 amide bonds. The Morgan fingerprint density at radius 1 is 1.15 bits per heavy atom. The molecule has 0 atom stereocenters. The Morgan fingerprint density at radius 2 is 1.94 bits per heavy atom. The molecule has 33 heavy (non-hydrogen) atoms. The zero-order valence-electron chi connectivity index (χ0n) is 18.0. The van der Waals surface area contributed by atoms with Crippen molar-refractivity contribution in [3.8, 4) is 22.8 Å². The predicted molar refractivity (Wildman–Crippen MR) is 123 cm³/mol. The average molecular weight is 469 g/mol. The second-order valence-electron chi connectivity index (χ2n) is 7.18. The van der Waals surface area contributed by atoms with Crippen LogP contribution in [0, 0.1) is 5.82 Å². The lowest BCUT2D eigenvalue weighted by molar-refractivity contribution is -0.132. The largest absolute Gasteiger partial charge is 0.497 e. The molecular formula is C23H21FN4O4S. The Bertz CT molecular complexity index is 1210. The summed E-state index contributed by atoms with van der Waals surface area (Å²) in [4.78, 5) is 29.5. The molecular weight excluding hydrogens is 447 g/mol. The van der Waals surface area contributed by atoms with Crippen molar-refractivity contribution in [2.75, 3.05) is 19.5 Å². The molecule has 2 heterocycles. The molecule has 0 saturated carbocycles. The quantitative estimate of drug-likeness (QED) is 0.564. The molecule has 4 rings (SSSR count). The average Bonchev–Trinajstić information content (AvgIpc) is 3.29. The molecule has 1 N–H and O–H groups in total. The van der Waals surface area contributed by atoms with E-state index in [1.54, 1.807) is 43.9 Å². The molecule has 1 aromatic heterocycles. The number of carbonyl (C=O) groups is 2. The Morgan fingerprint density at radius 3 is 2.67 bits per heavy atom. The number of benzene rings is 2. The highest BCUT2D eigenvalue weighted by Crippen LogP contribution is 2.35. The van der Waals surface area contributed by atoms with Crippen LogP contribution in [-0.2, 0) is 16.1 Å². The number of hydrogen-bond acceptors (Lipinski definition) is 7. The van der Waals surface area contributed by atoms with Crippen LogP contribution < -0.4 is 14.8 Å². The van der Waals surface area contributed by atoms with Gasteiger partial charge in [-0.05, 0) is 35.9 Å². The van der Waals surface area contributed by atoms with E-state index in [1.165, 1.54) is 28.5 Å². The van der Waals surface area contributed by atoms with Crippen LogP contribution in [0.5, 0.6) is 11.5 Å². The maximum absolute atomic E-state index is 13.1. The second-order valence-corrected chi connectivity index (χ2v) is 8.04. The van der Waals surface area contributed by atoms with Gasteiger partial charge < -0.3 is 9.47 Å². The van der Waals surface area contributed by atoms with Gasteiger partial charge in [-0.2, -0.15) is 5.10 Å². The molecule has 10 heteroatoms. The number of amides is 2. The van der Waals surface area contributed by atoms with Crippen molar-refractivity contribution in [1.29, 1.82) is 0 Å². The first-order chi connectivity index (χ1) is 16.0. The van der Waals surface area contributed by atoms with E-state index < -0.39 is 5.91 Å². The second kappa shape index (κ2) is 9.78. The summed E-state index contributed by atoms with van der Waals surface area (Å²) < 4.78 is 23.8. The number of aromatic nitrogens is 1. The van der Waals surface area contributed by atoms with E-state index in [9.17, 15) is 14.0 Å². The molecule has 0 fully saturated rings. The molecule has 2 aromatic carbocycles. The van der Waals surface area contributed by atoms with Crippen molar-refractivity contribution in [2.24, 2.45) is 5.10 Å². The van der Waals surface area contributed by atoms with Crippen LogP contribution in [0.4, 0.5) is 9.52 Å². The van der Waals surface area contributed by atoms with Crippen LogP contribution >= 0.6 is 11.3 Å².